The number of aromatic nitrogens is 6. The van der Waals surface area contributed by atoms with Crippen LogP contribution in [-0.2, 0) is 17.3 Å². The Morgan fingerprint density at radius 2 is 1.80 bits per heavy atom. The van der Waals surface area contributed by atoms with Crippen molar-refractivity contribution < 1.29 is 22.7 Å². The molecule has 4 aliphatic rings. The second-order valence-corrected chi connectivity index (χ2v) is 12.5. The highest BCUT2D eigenvalue weighted by Gasteiger charge is 2.41. The predicted octanol–water partition coefficient (Wildman–Crippen LogP) is 5.78. The van der Waals surface area contributed by atoms with E-state index in [-0.39, 0.29) is 54.1 Å². The molecule has 0 saturated heterocycles. The molecule has 13 heteroatoms. The van der Waals surface area contributed by atoms with Crippen molar-refractivity contribution in [3.63, 3.8) is 0 Å². The molecule has 1 aliphatic heterocycles. The van der Waals surface area contributed by atoms with Crippen molar-refractivity contribution in [1.82, 2.24) is 29.5 Å². The first-order valence-electron chi connectivity index (χ1n) is 15.3. The van der Waals surface area contributed by atoms with Gasteiger partial charge in [-0.1, -0.05) is 6.07 Å². The molecule has 3 aromatic heterocycles. The quantitative estimate of drug-likeness (QED) is 0.233. The Balaban J connectivity index is 1.16. The molecule has 3 aliphatic carbocycles. The van der Waals surface area contributed by atoms with Crippen LogP contribution in [0.2, 0.25) is 0 Å². The molecule has 4 aromatic rings. The number of ether oxygens (including phenoxy) is 1. The molecule has 4 heterocycles. The van der Waals surface area contributed by atoms with Crippen LogP contribution >= 0.6 is 0 Å². The molecule has 0 bridgehead atoms. The van der Waals surface area contributed by atoms with Gasteiger partial charge in [0.25, 0.3) is 5.92 Å². The normalized spacial score (nSPS) is 18.4. The second-order valence-electron chi connectivity index (χ2n) is 12.5. The maximum absolute atomic E-state index is 15.7. The number of halogens is 3. The Bertz CT molecular complexity index is 1830. The van der Waals surface area contributed by atoms with Crippen molar-refractivity contribution >= 4 is 17.4 Å². The summed E-state index contributed by atoms with van der Waals surface area (Å²) in [7, 11) is 1.55. The number of fused-ring (bicyclic) bond motifs is 1. The van der Waals surface area contributed by atoms with E-state index in [4.69, 9.17) is 9.72 Å². The zero-order valence-electron chi connectivity index (χ0n) is 24.9. The van der Waals surface area contributed by atoms with Gasteiger partial charge in [-0.05, 0) is 56.2 Å². The average Bonchev–Trinajstić information content (AvgIpc) is 3.87. The van der Waals surface area contributed by atoms with Crippen LogP contribution in [0.3, 0.4) is 0 Å². The molecule has 0 spiro atoms. The molecular weight excluding hydrogens is 585 g/mol. The number of anilines is 2. The molecule has 0 N–H and O–H groups in total. The van der Waals surface area contributed by atoms with Crippen LogP contribution in [0.1, 0.15) is 74.4 Å². The Labute approximate surface area is 257 Å². The predicted molar refractivity (Wildman–Crippen MR) is 159 cm³/mol. The van der Waals surface area contributed by atoms with Gasteiger partial charge in [0.2, 0.25) is 11.8 Å². The molecule has 45 heavy (non-hydrogen) atoms. The number of methoxy groups -OCH3 is 1. The summed E-state index contributed by atoms with van der Waals surface area (Å²) in [6, 6.07) is 4.84. The molecule has 232 valence electrons. The maximum Gasteiger partial charge on any atom is 0.288 e. The maximum atomic E-state index is 15.7. The minimum Gasteiger partial charge on any atom is -0.480 e. The van der Waals surface area contributed by atoms with Gasteiger partial charge in [0.1, 0.15) is 34.9 Å². The number of rotatable bonds is 9. The van der Waals surface area contributed by atoms with Gasteiger partial charge in [-0.3, -0.25) is 4.79 Å². The molecule has 0 unspecified atom stereocenters. The minimum absolute atomic E-state index is 0.0379. The fraction of sp³-hybridized carbons (Fsp3) is 0.438. The Hall–Kier alpha value is -4.55. The SMILES string of the molecule is COc1ncnc(C2CC2)c1-c1ncc2c(n1)N(Cc1ccc(-c3nc(C(C)(F)F)cn3C3CC3)c(F)c1)CC(=O)N2C1CC1. The number of hydrogen-bond acceptors (Lipinski definition) is 8. The largest absolute Gasteiger partial charge is 0.480 e. The Kier molecular flexibility index (Phi) is 6.37. The molecule has 1 amide bonds. The first-order chi connectivity index (χ1) is 21.7. The zero-order valence-corrected chi connectivity index (χ0v) is 24.9. The van der Waals surface area contributed by atoms with Crippen molar-refractivity contribution in [3.8, 4) is 28.7 Å². The summed E-state index contributed by atoms with van der Waals surface area (Å²) in [5.41, 5.74) is 2.46. The van der Waals surface area contributed by atoms with Crippen LogP contribution in [0.25, 0.3) is 22.8 Å². The van der Waals surface area contributed by atoms with Crippen LogP contribution in [0.4, 0.5) is 24.7 Å². The third kappa shape index (κ3) is 5.07. The van der Waals surface area contributed by atoms with Gasteiger partial charge in [-0.25, -0.2) is 29.3 Å². The fourth-order valence-corrected chi connectivity index (χ4v) is 6.11. The summed E-state index contributed by atoms with van der Waals surface area (Å²) in [5.74, 6) is -1.95. The molecule has 1 aromatic carbocycles. The molecule has 10 nitrogen and oxygen atoms in total. The van der Waals surface area contributed by atoms with E-state index in [1.54, 1.807) is 34.9 Å². The summed E-state index contributed by atoms with van der Waals surface area (Å²) in [6.07, 6.45) is 10.0. The van der Waals surface area contributed by atoms with Crippen molar-refractivity contribution in [2.45, 2.75) is 75.9 Å². The summed E-state index contributed by atoms with van der Waals surface area (Å²) < 4.78 is 51.2. The lowest BCUT2D eigenvalue weighted by molar-refractivity contribution is -0.117. The van der Waals surface area contributed by atoms with E-state index in [2.05, 4.69) is 19.9 Å². The van der Waals surface area contributed by atoms with Crippen molar-refractivity contribution in [3.05, 3.63) is 59.7 Å². The van der Waals surface area contributed by atoms with Crippen LogP contribution in [-0.4, -0.2) is 55.1 Å². The minimum atomic E-state index is -3.14. The van der Waals surface area contributed by atoms with Gasteiger partial charge < -0.3 is 19.1 Å². The molecular formula is C32H31F3N8O2. The molecule has 0 radical (unpaired) electrons. The first-order valence-corrected chi connectivity index (χ1v) is 15.3. The van der Waals surface area contributed by atoms with E-state index in [1.165, 1.54) is 18.6 Å². The van der Waals surface area contributed by atoms with Gasteiger partial charge in [0.15, 0.2) is 11.6 Å². The highest BCUT2D eigenvalue weighted by atomic mass is 19.3. The number of imidazole rings is 1. The summed E-state index contributed by atoms with van der Waals surface area (Å²) in [4.78, 5) is 39.6. The van der Waals surface area contributed by atoms with Gasteiger partial charge in [-0.2, -0.15) is 8.78 Å². The zero-order chi connectivity index (χ0) is 31.0. The number of benzene rings is 1. The summed E-state index contributed by atoms with van der Waals surface area (Å²) in [6.45, 7) is 1.04. The van der Waals surface area contributed by atoms with Crippen LogP contribution in [0.15, 0.2) is 36.9 Å². The van der Waals surface area contributed by atoms with E-state index in [0.29, 0.717) is 34.3 Å². The molecule has 3 fully saturated rings. The topological polar surface area (TPSA) is 102 Å². The van der Waals surface area contributed by atoms with Crippen LogP contribution < -0.4 is 14.5 Å². The average molecular weight is 617 g/mol. The van der Waals surface area contributed by atoms with E-state index in [0.717, 1.165) is 51.1 Å². The third-order valence-corrected chi connectivity index (χ3v) is 8.81. The Morgan fingerprint density at radius 3 is 2.47 bits per heavy atom. The van der Waals surface area contributed by atoms with E-state index in [9.17, 15) is 13.6 Å². The standard InChI is InChI=1S/C32H31F3N8O2/c1-32(34,35)24-14-42(19-6-7-19)29(39-24)21-10-3-17(11-22(21)33)13-41-15-25(44)43(20-8-9-20)23-12-36-28(40-30(23)41)26-27(18-4-5-18)37-16-38-31(26)45-2/h3,10-12,14,16,18-20H,4-9,13,15H2,1-2H3. The highest BCUT2D eigenvalue weighted by Crippen LogP contribution is 2.47. The second kappa shape index (κ2) is 10.2. The number of hydrogen-bond donors (Lipinski definition) is 0. The van der Waals surface area contributed by atoms with Gasteiger partial charge >= 0.3 is 0 Å². The Morgan fingerprint density at radius 1 is 1.02 bits per heavy atom. The fourth-order valence-electron chi connectivity index (χ4n) is 6.11. The van der Waals surface area contributed by atoms with Crippen LogP contribution in [0.5, 0.6) is 5.88 Å². The lowest BCUT2D eigenvalue weighted by atomic mass is 10.1. The number of carbonyl (C=O) groups is 1. The van der Waals surface area contributed by atoms with Gasteiger partial charge in [0.05, 0.1) is 31.1 Å². The van der Waals surface area contributed by atoms with Crippen molar-refractivity contribution in [2.24, 2.45) is 0 Å². The van der Waals surface area contributed by atoms with Crippen molar-refractivity contribution in [1.29, 1.82) is 0 Å². The van der Waals surface area contributed by atoms with E-state index < -0.39 is 11.7 Å². The number of carbonyl (C=O) groups excluding carboxylic acids is 1. The molecule has 3 saturated carbocycles. The van der Waals surface area contributed by atoms with Gasteiger partial charge in [-0.15, -0.1) is 0 Å². The molecule has 0 atom stereocenters. The first kappa shape index (κ1) is 28.0. The van der Waals surface area contributed by atoms with Crippen LogP contribution in [0, 0.1) is 5.82 Å². The monoisotopic (exact) mass is 616 g/mol. The number of amides is 1. The highest BCUT2D eigenvalue weighted by molar-refractivity contribution is 6.03. The lowest BCUT2D eigenvalue weighted by Crippen LogP contribution is -2.47. The third-order valence-electron chi connectivity index (χ3n) is 8.81. The van der Waals surface area contributed by atoms with E-state index in [1.807, 2.05) is 4.90 Å². The smallest absolute Gasteiger partial charge is 0.288 e. The number of nitrogens with zero attached hydrogens (tertiary/aromatic N) is 8. The summed E-state index contributed by atoms with van der Waals surface area (Å²) >= 11 is 0. The van der Waals surface area contributed by atoms with E-state index >= 15 is 4.39 Å². The van der Waals surface area contributed by atoms with Gasteiger partial charge in [0, 0.05) is 37.7 Å². The van der Waals surface area contributed by atoms with Crippen molar-refractivity contribution in [2.75, 3.05) is 23.5 Å². The summed E-state index contributed by atoms with van der Waals surface area (Å²) in [5, 5.41) is 0. The lowest BCUT2D eigenvalue weighted by Gasteiger charge is -2.36. The molecule has 8 rings (SSSR count). The number of alkyl halides is 2.